The second-order valence-electron chi connectivity index (χ2n) is 13.5. The molecule has 1 aromatic rings. The monoisotopic (exact) mass is 583 g/mol. The first-order valence-electron chi connectivity index (χ1n) is 15.3. The molecule has 9 heteroatoms. The van der Waals surface area contributed by atoms with E-state index < -0.39 is 22.7 Å². The van der Waals surface area contributed by atoms with Gasteiger partial charge in [0.05, 0.1) is 45.2 Å². The van der Waals surface area contributed by atoms with Crippen molar-refractivity contribution >= 4 is 12.2 Å². The number of ether oxygens (including phenoxy) is 4. The topological polar surface area (TPSA) is 127 Å². The molecule has 8 atom stereocenters. The van der Waals surface area contributed by atoms with Crippen LogP contribution in [0.15, 0.2) is 28.8 Å². The number of hydrogen-bond donors (Lipinski definition) is 3. The van der Waals surface area contributed by atoms with Gasteiger partial charge in [-0.1, -0.05) is 6.92 Å². The fourth-order valence-electron chi connectivity index (χ4n) is 9.90. The summed E-state index contributed by atoms with van der Waals surface area (Å²) in [5, 5.41) is 35.5. The van der Waals surface area contributed by atoms with Gasteiger partial charge >= 0.3 is 5.97 Å². The molecule has 1 aliphatic heterocycles. The van der Waals surface area contributed by atoms with Crippen molar-refractivity contribution in [1.82, 2.24) is 0 Å². The maximum atomic E-state index is 12.6. The third-order valence-corrected chi connectivity index (χ3v) is 12.0. The van der Waals surface area contributed by atoms with Crippen molar-refractivity contribution in [1.29, 1.82) is 0 Å². The zero-order valence-corrected chi connectivity index (χ0v) is 25.2. The van der Waals surface area contributed by atoms with Crippen LogP contribution >= 0.6 is 0 Å². The molecule has 42 heavy (non-hydrogen) atoms. The normalized spacial score (nSPS) is 41.0. The molecule has 0 radical (unpaired) electrons. The molecule has 3 N–H and O–H groups in total. The highest BCUT2D eigenvalue weighted by Gasteiger charge is 2.71. The Morgan fingerprint density at radius 1 is 0.976 bits per heavy atom. The van der Waals surface area contributed by atoms with E-state index in [1.54, 1.807) is 27.4 Å². The van der Waals surface area contributed by atoms with E-state index in [-0.39, 0.29) is 29.1 Å². The number of nitrogens with zero attached hydrogens (tertiary/aromatic N) is 1. The Hall–Kier alpha value is -2.62. The van der Waals surface area contributed by atoms with Crippen LogP contribution in [-0.4, -0.2) is 72.7 Å². The summed E-state index contributed by atoms with van der Waals surface area (Å²) >= 11 is 0. The number of aliphatic hydroxyl groups is 3. The zero-order valence-electron chi connectivity index (χ0n) is 25.2. The third-order valence-electron chi connectivity index (χ3n) is 12.0. The van der Waals surface area contributed by atoms with Gasteiger partial charge in [0.1, 0.15) is 6.61 Å². The molecule has 4 saturated carbocycles. The molecule has 0 aromatic heterocycles. The number of carbonyl (C=O) groups excluding carboxylic acids is 1. The molecule has 5 aliphatic rings. The maximum absolute atomic E-state index is 12.6. The molecule has 5 unspecified atom stereocenters. The van der Waals surface area contributed by atoms with Crippen LogP contribution in [0.25, 0.3) is 0 Å². The molecule has 9 nitrogen and oxygen atoms in total. The van der Waals surface area contributed by atoms with Crippen LogP contribution in [0, 0.1) is 28.6 Å². The number of cyclic esters (lactones) is 1. The first kappa shape index (κ1) is 29.5. The lowest BCUT2D eigenvalue weighted by molar-refractivity contribution is -0.237. The van der Waals surface area contributed by atoms with E-state index in [4.69, 9.17) is 23.9 Å². The Balaban J connectivity index is 1.34. The van der Waals surface area contributed by atoms with Crippen LogP contribution in [0.3, 0.4) is 0 Å². The maximum Gasteiger partial charge on any atom is 0.331 e. The molecule has 0 spiro atoms. The van der Waals surface area contributed by atoms with Gasteiger partial charge in [0.15, 0.2) is 11.5 Å². The Bertz CT molecular complexity index is 1270. The number of benzene rings is 1. The van der Waals surface area contributed by atoms with Crippen LogP contribution in [0.1, 0.15) is 70.3 Å². The Morgan fingerprint density at radius 3 is 2.33 bits per heavy atom. The Morgan fingerprint density at radius 2 is 1.69 bits per heavy atom. The minimum atomic E-state index is -1.10. The fourth-order valence-corrected chi connectivity index (χ4v) is 9.90. The van der Waals surface area contributed by atoms with E-state index >= 15 is 0 Å². The van der Waals surface area contributed by atoms with Gasteiger partial charge < -0.3 is 34.3 Å². The quantitative estimate of drug-likeness (QED) is 0.325. The number of carbonyl (C=O) groups is 1. The molecule has 1 aromatic carbocycles. The standard InChI is InChI=1S/C33H45NO8/c1-30-9-6-24-25(33(30,38)12-8-23(30)21-15-28(36)42-18-21)7-11-32(37)16-22(35)5-10-31(24,32)19-34-17-20-13-26(39-2)29(41-4)27(14-20)40-3/h13-15,19,22-25,35,37-38H,5-12,16-18H2,1-4H3/t22?,23?,24-,25?,30+,31-,32?,33?/m0/s1. The highest BCUT2D eigenvalue weighted by atomic mass is 16.5. The molecule has 0 bridgehead atoms. The minimum absolute atomic E-state index is 0.0111. The highest BCUT2D eigenvalue weighted by Crippen LogP contribution is 2.70. The van der Waals surface area contributed by atoms with Crippen molar-refractivity contribution in [2.24, 2.45) is 33.6 Å². The van der Waals surface area contributed by atoms with Crippen LogP contribution in [0.2, 0.25) is 0 Å². The van der Waals surface area contributed by atoms with Crippen molar-refractivity contribution in [2.75, 3.05) is 27.9 Å². The number of rotatable bonds is 7. The summed E-state index contributed by atoms with van der Waals surface area (Å²) in [5.41, 5.74) is -1.14. The number of esters is 1. The predicted octanol–water partition coefficient (Wildman–Crippen LogP) is 4.00. The largest absolute Gasteiger partial charge is 0.493 e. The predicted molar refractivity (Wildman–Crippen MR) is 156 cm³/mol. The van der Waals surface area contributed by atoms with E-state index in [1.165, 1.54) is 0 Å². The number of fused-ring (bicyclic) bond motifs is 5. The van der Waals surface area contributed by atoms with E-state index in [0.29, 0.717) is 68.9 Å². The summed E-state index contributed by atoms with van der Waals surface area (Å²) in [6, 6.07) is 3.77. The average molecular weight is 584 g/mol. The fraction of sp³-hybridized carbons (Fsp3) is 0.697. The second kappa shape index (κ2) is 10.5. The summed E-state index contributed by atoms with van der Waals surface area (Å²) < 4.78 is 21.8. The Kier molecular flexibility index (Phi) is 7.38. The molecule has 4 fully saturated rings. The van der Waals surface area contributed by atoms with E-state index in [0.717, 1.165) is 30.4 Å². The lowest BCUT2D eigenvalue weighted by Crippen LogP contribution is -2.68. The lowest BCUT2D eigenvalue weighted by atomic mass is 9.41. The van der Waals surface area contributed by atoms with Crippen LogP contribution < -0.4 is 14.2 Å². The smallest absolute Gasteiger partial charge is 0.331 e. The summed E-state index contributed by atoms with van der Waals surface area (Å²) in [6.45, 7) is 2.88. The summed E-state index contributed by atoms with van der Waals surface area (Å²) in [4.78, 5) is 16.9. The zero-order chi connectivity index (χ0) is 29.9. The van der Waals surface area contributed by atoms with Crippen molar-refractivity contribution in [3.05, 3.63) is 29.3 Å². The molecule has 4 aliphatic carbocycles. The molecular weight excluding hydrogens is 538 g/mol. The SMILES string of the molecule is COc1cc(CN=C[C@]23CCC(O)CC2(O)CCC2[C@@H]3CC[C@]3(C)C(C4=CC(=O)OC4)CCC23O)cc(OC)c1OC. The van der Waals surface area contributed by atoms with Gasteiger partial charge in [-0.3, -0.25) is 4.99 Å². The highest BCUT2D eigenvalue weighted by molar-refractivity contribution is 5.85. The Labute approximate surface area is 247 Å². The van der Waals surface area contributed by atoms with Gasteiger partial charge in [-0.15, -0.1) is 0 Å². The first-order valence-corrected chi connectivity index (χ1v) is 15.3. The summed E-state index contributed by atoms with van der Waals surface area (Å²) in [6.07, 6.45) is 8.92. The molecule has 230 valence electrons. The van der Waals surface area contributed by atoms with Crippen molar-refractivity contribution in [2.45, 2.75) is 88.6 Å². The van der Waals surface area contributed by atoms with E-state index in [2.05, 4.69) is 6.92 Å². The molecule has 0 amide bonds. The minimum Gasteiger partial charge on any atom is -0.493 e. The van der Waals surface area contributed by atoms with Crippen molar-refractivity contribution < 1.29 is 39.1 Å². The van der Waals surface area contributed by atoms with E-state index in [9.17, 15) is 20.1 Å². The van der Waals surface area contributed by atoms with Crippen molar-refractivity contribution in [3.8, 4) is 17.2 Å². The summed E-state index contributed by atoms with van der Waals surface area (Å²) in [7, 11) is 4.74. The number of aliphatic imine (C=N–C) groups is 1. The average Bonchev–Trinajstić information content (AvgIpc) is 3.51. The van der Waals surface area contributed by atoms with Crippen LogP contribution in [0.4, 0.5) is 0 Å². The third kappa shape index (κ3) is 4.21. The summed E-state index contributed by atoms with van der Waals surface area (Å²) in [5.74, 6) is 1.48. The van der Waals surface area contributed by atoms with Gasteiger partial charge in [0, 0.05) is 29.5 Å². The van der Waals surface area contributed by atoms with E-state index in [1.807, 2.05) is 18.3 Å². The second-order valence-corrected chi connectivity index (χ2v) is 13.5. The van der Waals surface area contributed by atoms with Crippen LogP contribution in [0.5, 0.6) is 17.2 Å². The van der Waals surface area contributed by atoms with Gasteiger partial charge in [0.25, 0.3) is 0 Å². The number of aliphatic hydroxyl groups excluding tert-OH is 1. The lowest BCUT2D eigenvalue weighted by Gasteiger charge is -2.65. The molecule has 6 rings (SSSR count). The van der Waals surface area contributed by atoms with Crippen molar-refractivity contribution in [3.63, 3.8) is 0 Å². The van der Waals surface area contributed by atoms with Crippen LogP contribution in [-0.2, 0) is 16.1 Å². The van der Waals surface area contributed by atoms with Gasteiger partial charge in [0.2, 0.25) is 5.75 Å². The van der Waals surface area contributed by atoms with Gasteiger partial charge in [-0.2, -0.15) is 0 Å². The molecular formula is C33H45NO8. The number of methoxy groups -OCH3 is 3. The van der Waals surface area contributed by atoms with Gasteiger partial charge in [-0.25, -0.2) is 4.79 Å². The molecule has 0 saturated heterocycles. The number of hydrogen-bond acceptors (Lipinski definition) is 9. The first-order chi connectivity index (χ1) is 20.0. The van der Waals surface area contributed by atoms with Gasteiger partial charge in [-0.05, 0) is 92.4 Å². The molecule has 1 heterocycles.